The molecule has 118 valence electrons. The highest BCUT2D eigenvalue weighted by atomic mass is 16.5. The molecule has 0 fully saturated rings. The molecule has 0 bridgehead atoms. The lowest BCUT2D eigenvalue weighted by atomic mass is 10.1. The van der Waals surface area contributed by atoms with Gasteiger partial charge in [0.15, 0.2) is 0 Å². The highest BCUT2D eigenvalue weighted by Gasteiger charge is 2.20. The lowest BCUT2D eigenvalue weighted by Crippen LogP contribution is -2.25. The van der Waals surface area contributed by atoms with Crippen LogP contribution < -0.4 is 15.0 Å². The second-order valence-electron chi connectivity index (χ2n) is 5.56. The Morgan fingerprint density at radius 2 is 2.04 bits per heavy atom. The van der Waals surface area contributed by atoms with E-state index in [2.05, 4.69) is 5.32 Å². The number of ether oxygens (including phenoxy) is 1. The Bertz CT molecular complexity index is 771. The van der Waals surface area contributed by atoms with Crippen LogP contribution in [0.4, 0.5) is 11.4 Å². The minimum atomic E-state index is -0.183. The molecule has 1 aliphatic rings. The third kappa shape index (κ3) is 3.18. The number of hydrogen-bond donors (Lipinski definition) is 1. The van der Waals surface area contributed by atoms with Gasteiger partial charge in [0.1, 0.15) is 5.75 Å². The maximum absolute atomic E-state index is 12.3. The monoisotopic (exact) mass is 310 g/mol. The average molecular weight is 310 g/mol. The summed E-state index contributed by atoms with van der Waals surface area (Å²) in [7, 11) is 1.71. The van der Waals surface area contributed by atoms with Gasteiger partial charge in [-0.1, -0.05) is 17.7 Å². The van der Waals surface area contributed by atoms with Gasteiger partial charge in [0, 0.05) is 18.3 Å². The Kier molecular flexibility index (Phi) is 4.02. The van der Waals surface area contributed by atoms with Gasteiger partial charge in [0.05, 0.1) is 18.7 Å². The normalized spacial score (nSPS) is 13.8. The zero-order valence-corrected chi connectivity index (χ0v) is 13.1. The number of aryl methyl sites for hydroxylation is 1. The Balaban J connectivity index is 1.86. The van der Waals surface area contributed by atoms with Gasteiger partial charge in [0.25, 0.3) is 5.91 Å². The largest absolute Gasteiger partial charge is 0.491 e. The molecular weight excluding hydrogens is 292 g/mol. The first-order chi connectivity index (χ1) is 11.0. The Hall–Kier alpha value is -2.82. The molecule has 3 rings (SSSR count). The number of benzene rings is 2. The molecule has 0 atom stereocenters. The standard InChI is InChI=1S/C18H18N2O3/c1-12-4-3-5-13(10-12)18(22)19-14-6-7-16-15(11-14)20(2)17(21)8-9-23-16/h3-7,10-11H,8-9H2,1-2H3,(H,19,22). The fourth-order valence-corrected chi connectivity index (χ4v) is 2.52. The molecule has 0 aliphatic carbocycles. The first-order valence-corrected chi connectivity index (χ1v) is 7.46. The van der Waals surface area contributed by atoms with E-state index in [-0.39, 0.29) is 11.8 Å². The van der Waals surface area contributed by atoms with Crippen LogP contribution in [0.5, 0.6) is 5.75 Å². The summed E-state index contributed by atoms with van der Waals surface area (Å²) >= 11 is 0. The van der Waals surface area contributed by atoms with E-state index in [0.29, 0.717) is 35.7 Å². The Morgan fingerprint density at radius 3 is 2.83 bits per heavy atom. The lowest BCUT2D eigenvalue weighted by molar-refractivity contribution is -0.118. The summed E-state index contributed by atoms with van der Waals surface area (Å²) < 4.78 is 5.57. The van der Waals surface area contributed by atoms with Gasteiger partial charge in [-0.15, -0.1) is 0 Å². The molecule has 2 aromatic rings. The van der Waals surface area contributed by atoms with Crippen molar-refractivity contribution in [3.63, 3.8) is 0 Å². The topological polar surface area (TPSA) is 58.6 Å². The number of nitrogens with zero attached hydrogens (tertiary/aromatic N) is 1. The minimum Gasteiger partial charge on any atom is -0.491 e. The van der Waals surface area contributed by atoms with Gasteiger partial charge in [-0.3, -0.25) is 9.59 Å². The molecule has 2 amide bonds. The van der Waals surface area contributed by atoms with E-state index in [1.54, 1.807) is 36.2 Å². The van der Waals surface area contributed by atoms with Crippen LogP contribution in [-0.2, 0) is 4.79 Å². The fourth-order valence-electron chi connectivity index (χ4n) is 2.52. The van der Waals surface area contributed by atoms with Crippen molar-refractivity contribution in [1.29, 1.82) is 0 Å². The highest BCUT2D eigenvalue weighted by Crippen LogP contribution is 2.33. The number of anilines is 2. The van der Waals surface area contributed by atoms with Crippen molar-refractivity contribution < 1.29 is 14.3 Å². The minimum absolute atomic E-state index is 0.00842. The summed E-state index contributed by atoms with van der Waals surface area (Å²) in [6.07, 6.45) is 0.343. The third-order valence-electron chi connectivity index (χ3n) is 3.81. The number of carbonyl (C=O) groups excluding carboxylic acids is 2. The molecule has 0 aromatic heterocycles. The smallest absolute Gasteiger partial charge is 0.255 e. The average Bonchev–Trinajstić information content (AvgIpc) is 2.67. The molecule has 23 heavy (non-hydrogen) atoms. The highest BCUT2D eigenvalue weighted by molar-refractivity contribution is 6.05. The number of carbonyl (C=O) groups is 2. The number of amides is 2. The molecule has 1 heterocycles. The quantitative estimate of drug-likeness (QED) is 0.927. The predicted molar refractivity (Wildman–Crippen MR) is 89.1 cm³/mol. The Labute approximate surface area is 134 Å². The zero-order valence-electron chi connectivity index (χ0n) is 13.1. The maximum atomic E-state index is 12.3. The summed E-state index contributed by atoms with van der Waals surface area (Å²) in [5.41, 5.74) is 2.91. The van der Waals surface area contributed by atoms with Crippen molar-refractivity contribution in [2.24, 2.45) is 0 Å². The summed E-state index contributed by atoms with van der Waals surface area (Å²) in [6, 6.07) is 12.7. The van der Waals surface area contributed by atoms with E-state index >= 15 is 0 Å². The van der Waals surface area contributed by atoms with Crippen LogP contribution in [0.15, 0.2) is 42.5 Å². The summed E-state index contributed by atoms with van der Waals surface area (Å²) in [4.78, 5) is 25.8. The molecule has 0 radical (unpaired) electrons. The third-order valence-corrected chi connectivity index (χ3v) is 3.81. The van der Waals surface area contributed by atoms with Gasteiger partial charge < -0.3 is 15.0 Å². The van der Waals surface area contributed by atoms with E-state index in [0.717, 1.165) is 5.56 Å². The van der Waals surface area contributed by atoms with Crippen LogP contribution in [0.3, 0.4) is 0 Å². The molecule has 2 aromatic carbocycles. The first kappa shape index (κ1) is 15.1. The van der Waals surface area contributed by atoms with Gasteiger partial charge in [-0.25, -0.2) is 0 Å². The summed E-state index contributed by atoms with van der Waals surface area (Å²) in [5.74, 6) is 0.454. The van der Waals surface area contributed by atoms with Crippen LogP contribution in [0.25, 0.3) is 0 Å². The van der Waals surface area contributed by atoms with Crippen LogP contribution in [-0.4, -0.2) is 25.5 Å². The molecule has 0 saturated heterocycles. The van der Waals surface area contributed by atoms with Crippen molar-refractivity contribution in [3.05, 3.63) is 53.6 Å². The van der Waals surface area contributed by atoms with Crippen LogP contribution in [0.2, 0.25) is 0 Å². The van der Waals surface area contributed by atoms with Crippen molar-refractivity contribution in [3.8, 4) is 5.75 Å². The van der Waals surface area contributed by atoms with Gasteiger partial charge in [0.2, 0.25) is 5.91 Å². The number of rotatable bonds is 2. The van der Waals surface area contributed by atoms with Crippen LogP contribution >= 0.6 is 0 Å². The van der Waals surface area contributed by atoms with Crippen molar-refractivity contribution in [2.45, 2.75) is 13.3 Å². The molecular formula is C18H18N2O3. The van der Waals surface area contributed by atoms with Gasteiger partial charge in [-0.05, 0) is 37.3 Å². The molecule has 0 spiro atoms. The van der Waals surface area contributed by atoms with Crippen molar-refractivity contribution >= 4 is 23.2 Å². The first-order valence-electron chi connectivity index (χ1n) is 7.46. The lowest BCUT2D eigenvalue weighted by Gasteiger charge is -2.17. The van der Waals surface area contributed by atoms with E-state index < -0.39 is 0 Å². The van der Waals surface area contributed by atoms with Crippen molar-refractivity contribution in [2.75, 3.05) is 23.9 Å². The molecule has 5 heteroatoms. The van der Waals surface area contributed by atoms with Crippen LogP contribution in [0, 0.1) is 6.92 Å². The summed E-state index contributed by atoms with van der Waals surface area (Å²) in [5, 5.41) is 2.86. The number of hydrogen-bond acceptors (Lipinski definition) is 3. The second-order valence-corrected chi connectivity index (χ2v) is 5.56. The molecule has 0 unspecified atom stereocenters. The molecule has 1 N–H and O–H groups in total. The fraction of sp³-hybridized carbons (Fsp3) is 0.222. The van der Waals surface area contributed by atoms with Gasteiger partial charge in [-0.2, -0.15) is 0 Å². The number of nitrogens with one attached hydrogen (secondary N) is 1. The van der Waals surface area contributed by atoms with E-state index in [4.69, 9.17) is 4.74 Å². The van der Waals surface area contributed by atoms with E-state index in [1.165, 1.54) is 0 Å². The Morgan fingerprint density at radius 1 is 1.22 bits per heavy atom. The van der Waals surface area contributed by atoms with Crippen molar-refractivity contribution in [1.82, 2.24) is 0 Å². The predicted octanol–water partition coefficient (Wildman–Crippen LogP) is 2.99. The summed E-state index contributed by atoms with van der Waals surface area (Å²) in [6.45, 7) is 2.31. The second kappa shape index (κ2) is 6.12. The molecule has 5 nitrogen and oxygen atoms in total. The maximum Gasteiger partial charge on any atom is 0.255 e. The molecule has 1 aliphatic heterocycles. The SMILES string of the molecule is Cc1cccc(C(=O)Nc2ccc3c(c2)N(C)C(=O)CCO3)c1. The van der Waals surface area contributed by atoms with Crippen LogP contribution in [0.1, 0.15) is 22.3 Å². The zero-order chi connectivity index (χ0) is 16.4. The van der Waals surface area contributed by atoms with E-state index in [9.17, 15) is 9.59 Å². The van der Waals surface area contributed by atoms with Gasteiger partial charge >= 0.3 is 0 Å². The molecule has 0 saturated carbocycles. The van der Waals surface area contributed by atoms with E-state index in [1.807, 2.05) is 25.1 Å². The number of fused-ring (bicyclic) bond motifs is 1.